The van der Waals surface area contributed by atoms with Crippen molar-refractivity contribution >= 4 is 48.8 Å². The van der Waals surface area contributed by atoms with Crippen LogP contribution in [0.1, 0.15) is 61.0 Å². The van der Waals surface area contributed by atoms with Gasteiger partial charge in [0, 0.05) is 5.41 Å². The van der Waals surface area contributed by atoms with Gasteiger partial charge in [-0.25, -0.2) is 4.79 Å². The van der Waals surface area contributed by atoms with Crippen LogP contribution in [0.25, 0.3) is 0 Å². The number of hydrogen-bond acceptors (Lipinski definition) is 8. The second-order valence-electron chi connectivity index (χ2n) is 12.3. The Hall–Kier alpha value is -2.26. The van der Waals surface area contributed by atoms with Crippen LogP contribution >= 0.6 is 23.5 Å². The molecule has 1 N–H and O–H groups in total. The molecule has 1 saturated heterocycles. The van der Waals surface area contributed by atoms with Gasteiger partial charge in [0.2, 0.25) is 11.0 Å². The summed E-state index contributed by atoms with van der Waals surface area (Å²) < 4.78 is 12.6. The third-order valence-corrected chi connectivity index (χ3v) is 14.1. The van der Waals surface area contributed by atoms with Crippen LogP contribution in [0, 0.1) is 22.7 Å². The number of nitrogens with zero attached hydrogens (tertiary/aromatic N) is 2. The topological polar surface area (TPSA) is 117 Å². The molecule has 0 saturated carbocycles. The van der Waals surface area contributed by atoms with Crippen LogP contribution < -0.4 is 4.74 Å². The molecule has 1 fully saturated rings. The van der Waals surface area contributed by atoms with Crippen molar-refractivity contribution in [2.24, 2.45) is 11.3 Å². The highest BCUT2D eigenvalue weighted by Gasteiger charge is 2.56. The number of carbonyl (C=O) groups excluding carboxylic acids is 2. The predicted octanol–water partition coefficient (Wildman–Crippen LogP) is 6.64. The summed E-state index contributed by atoms with van der Waals surface area (Å²) in [6, 6.07) is 8.71. The molecular formula is C29H42N2O6S2Si. The Morgan fingerprint density at radius 2 is 1.73 bits per heavy atom. The number of ether oxygens (including phenoxy) is 1. The molecule has 1 amide bonds. The summed E-state index contributed by atoms with van der Waals surface area (Å²) in [6.07, 6.45) is -0.195. The first-order valence-electron chi connectivity index (χ1n) is 13.3. The lowest BCUT2D eigenvalue weighted by Gasteiger charge is -2.50. The fourth-order valence-electron chi connectivity index (χ4n) is 3.74. The van der Waals surface area contributed by atoms with E-state index in [2.05, 4.69) is 39.9 Å². The molecule has 0 radical (unpaired) electrons. The standard InChI is InChI=1S/C29H42N2O6S2Si/c1-11-38-24-21(18(2)37-40(9,10)29(6,7)8)23(32)31(24)22(25(33)34)26(39-27(35)28(3,4)5)36-20-14-12-19(13-15-20)16-17-30/h12-15,18,21,24H,11,16H2,1-10H3,(H,33,34)/t18-,21+,24-/m1/s1. The number of carboxylic acids is 1. The Balaban J connectivity index is 2.56. The van der Waals surface area contributed by atoms with Gasteiger partial charge in [0.25, 0.3) is 0 Å². The van der Waals surface area contributed by atoms with E-state index in [-0.39, 0.29) is 33.3 Å². The molecule has 0 aliphatic carbocycles. The molecule has 0 spiro atoms. The quantitative estimate of drug-likeness (QED) is 0.128. The predicted molar refractivity (Wildman–Crippen MR) is 163 cm³/mol. The van der Waals surface area contributed by atoms with Gasteiger partial charge in [-0.1, -0.05) is 60.6 Å². The summed E-state index contributed by atoms with van der Waals surface area (Å²) in [4.78, 5) is 40.8. The van der Waals surface area contributed by atoms with Gasteiger partial charge in [-0.05, 0) is 60.3 Å². The average molecular weight is 607 g/mol. The molecule has 0 unspecified atom stereocenters. The van der Waals surface area contributed by atoms with Crippen LogP contribution in [0.3, 0.4) is 0 Å². The number of carboxylic acid groups (broad SMARTS) is 1. The van der Waals surface area contributed by atoms with E-state index in [0.29, 0.717) is 23.3 Å². The third kappa shape index (κ3) is 7.93. The normalized spacial score (nSPS) is 19.3. The molecule has 1 aliphatic heterocycles. The van der Waals surface area contributed by atoms with Crippen molar-refractivity contribution in [2.45, 2.75) is 91.4 Å². The van der Waals surface area contributed by atoms with Crippen LogP contribution in [-0.2, 0) is 25.2 Å². The second kappa shape index (κ2) is 13.1. The van der Waals surface area contributed by atoms with Crippen LogP contribution in [0.2, 0.25) is 18.1 Å². The number of thioether (sulfide) groups is 2. The number of amides is 1. The van der Waals surface area contributed by atoms with E-state index in [1.165, 1.54) is 16.7 Å². The molecule has 1 aromatic carbocycles. The first-order valence-corrected chi connectivity index (χ1v) is 18.1. The molecule has 3 atom stereocenters. The number of rotatable bonds is 11. The summed E-state index contributed by atoms with van der Waals surface area (Å²) >= 11 is 2.14. The molecule has 2 rings (SSSR count). The lowest BCUT2D eigenvalue weighted by atomic mass is 9.92. The van der Waals surface area contributed by atoms with Crippen LogP contribution in [0.15, 0.2) is 35.1 Å². The van der Waals surface area contributed by atoms with E-state index in [1.807, 2.05) is 13.8 Å². The minimum absolute atomic E-state index is 0.0545. The lowest BCUT2D eigenvalue weighted by Crippen LogP contribution is -2.64. The fraction of sp³-hybridized carbons (Fsp3) is 0.586. The first-order chi connectivity index (χ1) is 18.4. The van der Waals surface area contributed by atoms with Crippen molar-refractivity contribution in [1.29, 1.82) is 5.26 Å². The number of β-lactam (4-membered cyclic amide) rings is 1. The maximum Gasteiger partial charge on any atom is 0.357 e. The summed E-state index contributed by atoms with van der Waals surface area (Å²) in [5.41, 5.74) is -0.381. The minimum atomic E-state index is -2.19. The van der Waals surface area contributed by atoms with Crippen molar-refractivity contribution in [1.82, 2.24) is 4.90 Å². The highest BCUT2D eigenvalue weighted by Crippen LogP contribution is 2.46. The summed E-state index contributed by atoms with van der Waals surface area (Å²) in [6.45, 7) is 19.7. The van der Waals surface area contributed by atoms with Gasteiger partial charge in [-0.2, -0.15) is 5.26 Å². The highest BCUT2D eigenvalue weighted by atomic mass is 32.2. The first kappa shape index (κ1) is 33.9. The Labute approximate surface area is 248 Å². The molecule has 0 aromatic heterocycles. The molecular weight excluding hydrogens is 565 g/mol. The second-order valence-corrected chi connectivity index (χ2v) is 19.4. The number of nitriles is 1. The smallest absolute Gasteiger partial charge is 0.357 e. The third-order valence-electron chi connectivity index (χ3n) is 7.07. The lowest BCUT2D eigenvalue weighted by molar-refractivity contribution is -0.157. The van der Waals surface area contributed by atoms with Crippen molar-refractivity contribution in [2.75, 3.05) is 5.75 Å². The number of hydrogen-bond donors (Lipinski definition) is 1. The molecule has 1 heterocycles. The van der Waals surface area contributed by atoms with E-state index < -0.39 is 37.1 Å². The van der Waals surface area contributed by atoms with Gasteiger partial charge < -0.3 is 14.3 Å². The van der Waals surface area contributed by atoms with Crippen LogP contribution in [-0.4, -0.2) is 52.5 Å². The van der Waals surface area contributed by atoms with E-state index in [0.717, 1.165) is 5.56 Å². The Morgan fingerprint density at radius 1 is 1.15 bits per heavy atom. The Kier molecular flexibility index (Phi) is 11.2. The Morgan fingerprint density at radius 3 is 2.17 bits per heavy atom. The van der Waals surface area contributed by atoms with Gasteiger partial charge in [0.15, 0.2) is 19.1 Å². The fourth-order valence-corrected chi connectivity index (χ4v) is 7.31. The zero-order valence-electron chi connectivity index (χ0n) is 25.2. The Bertz CT molecular complexity index is 1180. The van der Waals surface area contributed by atoms with E-state index in [9.17, 15) is 19.5 Å². The zero-order valence-corrected chi connectivity index (χ0v) is 27.8. The molecule has 0 bridgehead atoms. The van der Waals surface area contributed by atoms with Gasteiger partial charge >= 0.3 is 5.97 Å². The highest BCUT2D eigenvalue weighted by molar-refractivity contribution is 8.16. The number of likely N-dealkylation sites (tertiary alicyclic amines) is 1. The summed E-state index contributed by atoms with van der Waals surface area (Å²) in [5, 5.41) is 18.3. The number of benzene rings is 1. The van der Waals surface area contributed by atoms with Crippen molar-refractivity contribution in [3.8, 4) is 11.8 Å². The van der Waals surface area contributed by atoms with Crippen LogP contribution in [0.4, 0.5) is 0 Å². The van der Waals surface area contributed by atoms with Crippen LogP contribution in [0.5, 0.6) is 5.75 Å². The minimum Gasteiger partial charge on any atom is -0.476 e. The molecule has 11 heteroatoms. The van der Waals surface area contributed by atoms with Gasteiger partial charge in [0.1, 0.15) is 5.75 Å². The maximum atomic E-state index is 13.7. The van der Waals surface area contributed by atoms with E-state index in [4.69, 9.17) is 14.4 Å². The molecule has 40 heavy (non-hydrogen) atoms. The van der Waals surface area contributed by atoms with Crippen molar-refractivity contribution < 1.29 is 28.7 Å². The average Bonchev–Trinajstić information content (AvgIpc) is 2.81. The molecule has 1 aromatic rings. The largest absolute Gasteiger partial charge is 0.476 e. The zero-order chi connectivity index (χ0) is 30.6. The van der Waals surface area contributed by atoms with E-state index in [1.54, 1.807) is 45.0 Å². The maximum absolute atomic E-state index is 13.7. The van der Waals surface area contributed by atoms with Crippen molar-refractivity contribution in [3.63, 3.8) is 0 Å². The number of carbonyl (C=O) groups is 3. The van der Waals surface area contributed by atoms with Gasteiger partial charge in [-0.15, -0.1) is 11.8 Å². The molecule has 8 nitrogen and oxygen atoms in total. The summed E-state index contributed by atoms with van der Waals surface area (Å²) in [7, 11) is -2.19. The SMILES string of the molecule is CCS[C@@H]1[C@@H]([C@@H](C)O[Si](C)(C)C(C)(C)C)C(=O)N1C(C(=O)O)=C(Oc1ccc(CC#N)cc1)SC(=O)C(C)(C)C. The van der Waals surface area contributed by atoms with E-state index >= 15 is 0 Å². The van der Waals surface area contributed by atoms with Crippen molar-refractivity contribution in [3.05, 3.63) is 40.6 Å². The van der Waals surface area contributed by atoms with Gasteiger partial charge in [-0.3, -0.25) is 14.5 Å². The molecule has 220 valence electrons. The summed E-state index contributed by atoms with van der Waals surface area (Å²) in [5.74, 6) is -1.33. The molecule has 1 aliphatic rings. The number of aliphatic carboxylic acids is 1. The monoisotopic (exact) mass is 606 g/mol. The van der Waals surface area contributed by atoms with Gasteiger partial charge in [0.05, 0.1) is 29.9 Å².